The minimum absolute atomic E-state index is 0.0639. The highest BCUT2D eigenvalue weighted by Crippen LogP contribution is 2.14. The Hall–Kier alpha value is -2.24. The first-order chi connectivity index (χ1) is 9.65. The normalized spacial score (nSPS) is 15.4. The summed E-state index contributed by atoms with van der Waals surface area (Å²) in [7, 11) is 0. The van der Waals surface area contributed by atoms with Crippen molar-refractivity contribution in [1.29, 1.82) is 0 Å². The molecule has 0 bridgehead atoms. The monoisotopic (exact) mass is 277 g/mol. The van der Waals surface area contributed by atoms with Gasteiger partial charge in [-0.3, -0.25) is 9.59 Å². The van der Waals surface area contributed by atoms with Gasteiger partial charge in [0.1, 0.15) is 5.75 Å². The number of ether oxygens (including phenoxy) is 1. The molecule has 6 nitrogen and oxygen atoms in total. The number of hydrogen-bond acceptors (Lipinski definition) is 4. The fourth-order valence-corrected chi connectivity index (χ4v) is 2.04. The predicted molar refractivity (Wildman–Crippen MR) is 75.2 cm³/mol. The van der Waals surface area contributed by atoms with Gasteiger partial charge in [0.15, 0.2) is 0 Å². The molecule has 1 aromatic rings. The van der Waals surface area contributed by atoms with E-state index in [1.807, 2.05) is 0 Å². The molecule has 1 heterocycles. The zero-order valence-electron chi connectivity index (χ0n) is 11.3. The van der Waals surface area contributed by atoms with E-state index in [4.69, 9.17) is 10.5 Å². The van der Waals surface area contributed by atoms with Gasteiger partial charge < -0.3 is 20.7 Å². The largest absolute Gasteiger partial charge is 0.493 e. The SMILES string of the molecule is Nc1cccc(OCCC(=O)N2CCCNC(=O)C2)c1. The summed E-state index contributed by atoms with van der Waals surface area (Å²) in [6.45, 7) is 1.65. The van der Waals surface area contributed by atoms with E-state index in [-0.39, 0.29) is 31.4 Å². The molecule has 0 saturated carbocycles. The molecule has 6 heteroatoms. The topological polar surface area (TPSA) is 84.7 Å². The number of hydrogen-bond donors (Lipinski definition) is 2. The summed E-state index contributed by atoms with van der Waals surface area (Å²) in [4.78, 5) is 24.9. The van der Waals surface area contributed by atoms with Crippen molar-refractivity contribution >= 4 is 17.5 Å². The van der Waals surface area contributed by atoms with Gasteiger partial charge in [-0.05, 0) is 18.6 Å². The van der Waals surface area contributed by atoms with Crippen molar-refractivity contribution in [2.75, 3.05) is 32.0 Å². The maximum atomic E-state index is 12.0. The van der Waals surface area contributed by atoms with Crippen LogP contribution in [0.15, 0.2) is 24.3 Å². The van der Waals surface area contributed by atoms with Crippen LogP contribution in [0.5, 0.6) is 5.75 Å². The molecule has 0 aromatic heterocycles. The number of rotatable bonds is 4. The summed E-state index contributed by atoms with van der Waals surface area (Å²) >= 11 is 0. The highest BCUT2D eigenvalue weighted by Gasteiger charge is 2.19. The Bertz CT molecular complexity index is 490. The third-order valence-electron chi connectivity index (χ3n) is 3.06. The van der Waals surface area contributed by atoms with E-state index < -0.39 is 0 Å². The lowest BCUT2D eigenvalue weighted by Gasteiger charge is -2.19. The number of nitrogen functional groups attached to an aromatic ring is 1. The van der Waals surface area contributed by atoms with Gasteiger partial charge in [0, 0.05) is 24.8 Å². The van der Waals surface area contributed by atoms with E-state index in [1.165, 1.54) is 0 Å². The molecular formula is C14H19N3O3. The van der Waals surface area contributed by atoms with Gasteiger partial charge in [0.2, 0.25) is 11.8 Å². The zero-order valence-corrected chi connectivity index (χ0v) is 11.3. The van der Waals surface area contributed by atoms with Crippen LogP contribution in [0.1, 0.15) is 12.8 Å². The standard InChI is InChI=1S/C14H19N3O3/c15-11-3-1-4-12(9-11)20-8-5-14(19)17-7-2-6-16-13(18)10-17/h1,3-4,9H,2,5-8,10,15H2,(H,16,18). The number of amides is 2. The van der Waals surface area contributed by atoms with Crippen LogP contribution < -0.4 is 15.8 Å². The fourth-order valence-electron chi connectivity index (χ4n) is 2.04. The summed E-state index contributed by atoms with van der Waals surface area (Å²) < 4.78 is 5.48. The summed E-state index contributed by atoms with van der Waals surface area (Å²) in [5, 5.41) is 2.74. The average Bonchev–Trinajstić information content (AvgIpc) is 2.63. The first-order valence-corrected chi connectivity index (χ1v) is 6.68. The van der Waals surface area contributed by atoms with E-state index in [2.05, 4.69) is 5.32 Å². The molecule has 0 spiro atoms. The predicted octanol–water partition coefficient (Wildman–Crippen LogP) is 0.386. The Balaban J connectivity index is 1.78. The number of nitrogens with zero attached hydrogens (tertiary/aromatic N) is 1. The van der Waals surface area contributed by atoms with Crippen molar-refractivity contribution in [3.05, 3.63) is 24.3 Å². The molecule has 2 rings (SSSR count). The first-order valence-electron chi connectivity index (χ1n) is 6.68. The van der Waals surface area contributed by atoms with Gasteiger partial charge in [-0.2, -0.15) is 0 Å². The van der Waals surface area contributed by atoms with Crippen LogP contribution in [0.25, 0.3) is 0 Å². The fraction of sp³-hybridized carbons (Fsp3) is 0.429. The summed E-state index contributed by atoms with van der Waals surface area (Å²) in [5.41, 5.74) is 6.26. The maximum absolute atomic E-state index is 12.0. The van der Waals surface area contributed by atoms with Crippen LogP contribution in [0, 0.1) is 0 Å². The number of carbonyl (C=O) groups excluding carboxylic acids is 2. The van der Waals surface area contributed by atoms with Crippen molar-refractivity contribution in [1.82, 2.24) is 10.2 Å². The van der Waals surface area contributed by atoms with Crippen molar-refractivity contribution in [3.63, 3.8) is 0 Å². The number of nitrogens with one attached hydrogen (secondary N) is 1. The molecule has 2 amide bonds. The number of carbonyl (C=O) groups is 2. The van der Waals surface area contributed by atoms with E-state index in [0.717, 1.165) is 6.42 Å². The lowest BCUT2D eigenvalue weighted by atomic mass is 10.3. The average molecular weight is 277 g/mol. The van der Waals surface area contributed by atoms with Crippen molar-refractivity contribution < 1.29 is 14.3 Å². The molecule has 108 valence electrons. The summed E-state index contributed by atoms with van der Waals surface area (Å²) in [5.74, 6) is 0.477. The van der Waals surface area contributed by atoms with Gasteiger partial charge in [-0.25, -0.2) is 0 Å². The Labute approximate surface area is 117 Å². The number of benzene rings is 1. The molecule has 0 atom stereocenters. The zero-order chi connectivity index (χ0) is 14.4. The second-order valence-corrected chi connectivity index (χ2v) is 4.69. The number of nitrogens with two attached hydrogens (primary N) is 1. The summed E-state index contributed by atoms with van der Waals surface area (Å²) in [6.07, 6.45) is 1.04. The third-order valence-corrected chi connectivity index (χ3v) is 3.06. The molecule has 1 aliphatic heterocycles. The second-order valence-electron chi connectivity index (χ2n) is 4.69. The molecule has 0 unspecified atom stereocenters. The molecule has 1 saturated heterocycles. The van der Waals surface area contributed by atoms with Crippen LogP contribution >= 0.6 is 0 Å². The van der Waals surface area contributed by atoms with Crippen LogP contribution in [-0.4, -0.2) is 43.0 Å². The Morgan fingerprint density at radius 2 is 2.30 bits per heavy atom. The lowest BCUT2D eigenvalue weighted by Crippen LogP contribution is -2.37. The highest BCUT2D eigenvalue weighted by atomic mass is 16.5. The van der Waals surface area contributed by atoms with Crippen molar-refractivity contribution in [3.8, 4) is 5.75 Å². The molecule has 1 aliphatic rings. The van der Waals surface area contributed by atoms with Gasteiger partial charge in [0.05, 0.1) is 19.6 Å². The van der Waals surface area contributed by atoms with Crippen molar-refractivity contribution in [2.45, 2.75) is 12.8 Å². The third kappa shape index (κ3) is 4.15. The van der Waals surface area contributed by atoms with Gasteiger partial charge in [-0.15, -0.1) is 0 Å². The number of anilines is 1. The molecule has 20 heavy (non-hydrogen) atoms. The Morgan fingerprint density at radius 1 is 1.45 bits per heavy atom. The highest BCUT2D eigenvalue weighted by molar-refractivity contribution is 5.85. The van der Waals surface area contributed by atoms with E-state index in [1.54, 1.807) is 29.2 Å². The van der Waals surface area contributed by atoms with Crippen LogP contribution in [0.4, 0.5) is 5.69 Å². The van der Waals surface area contributed by atoms with Gasteiger partial charge in [0.25, 0.3) is 0 Å². The van der Waals surface area contributed by atoms with E-state index >= 15 is 0 Å². The smallest absolute Gasteiger partial charge is 0.239 e. The van der Waals surface area contributed by atoms with Gasteiger partial charge >= 0.3 is 0 Å². The Morgan fingerprint density at radius 3 is 3.10 bits per heavy atom. The molecule has 3 N–H and O–H groups in total. The molecule has 0 radical (unpaired) electrons. The lowest BCUT2D eigenvalue weighted by molar-refractivity contribution is -0.135. The molecule has 0 aliphatic carbocycles. The maximum Gasteiger partial charge on any atom is 0.239 e. The van der Waals surface area contributed by atoms with Crippen LogP contribution in [0.2, 0.25) is 0 Å². The minimum Gasteiger partial charge on any atom is -0.493 e. The first kappa shape index (κ1) is 14.2. The van der Waals surface area contributed by atoms with Crippen LogP contribution in [-0.2, 0) is 9.59 Å². The van der Waals surface area contributed by atoms with Gasteiger partial charge in [-0.1, -0.05) is 6.07 Å². The van der Waals surface area contributed by atoms with Crippen molar-refractivity contribution in [2.24, 2.45) is 0 Å². The van der Waals surface area contributed by atoms with Crippen LogP contribution in [0.3, 0.4) is 0 Å². The van der Waals surface area contributed by atoms with E-state index in [9.17, 15) is 9.59 Å². The Kier molecular flexibility index (Phi) is 4.81. The molecule has 1 fully saturated rings. The minimum atomic E-state index is -0.104. The molecule has 1 aromatic carbocycles. The second kappa shape index (κ2) is 6.79. The molecular weight excluding hydrogens is 258 g/mol. The van der Waals surface area contributed by atoms with E-state index in [0.29, 0.717) is 24.5 Å². The summed E-state index contributed by atoms with van der Waals surface area (Å²) in [6, 6.07) is 7.07. The quantitative estimate of drug-likeness (QED) is 0.780.